The lowest BCUT2D eigenvalue weighted by atomic mass is 10.6. The average Bonchev–Trinajstić information content (AvgIpc) is 2.52. The van der Waals surface area contributed by atoms with Gasteiger partial charge in [-0.3, -0.25) is 4.28 Å². The van der Waals surface area contributed by atoms with Gasteiger partial charge in [-0.15, -0.1) is 0 Å². The van der Waals surface area contributed by atoms with Crippen LogP contribution in [0.1, 0.15) is 13.3 Å². The molecule has 0 spiro atoms. The van der Waals surface area contributed by atoms with Gasteiger partial charge in [0.25, 0.3) is 0 Å². The molecular weight excluding hydrogens is 210 g/mol. The highest BCUT2D eigenvalue weighted by molar-refractivity contribution is 8.14. The zero-order chi connectivity index (χ0) is 9.73. The smallest absolute Gasteiger partial charge is 0.267 e. The zero-order valence-corrected chi connectivity index (χ0v) is 8.90. The van der Waals surface area contributed by atoms with Crippen LogP contribution in [0.25, 0.3) is 0 Å². The molecular formula is C7H11NO3S2. The Morgan fingerprint density at radius 2 is 2.46 bits per heavy atom. The Morgan fingerprint density at radius 3 is 3.00 bits per heavy atom. The largest absolute Gasteiger partial charge is 0.328 e. The van der Waals surface area contributed by atoms with Crippen molar-refractivity contribution in [3.63, 3.8) is 0 Å². The van der Waals surface area contributed by atoms with Crippen molar-refractivity contribution in [2.24, 2.45) is 5.16 Å². The maximum Gasteiger partial charge on any atom is 0.328 e. The van der Waals surface area contributed by atoms with Crippen LogP contribution < -0.4 is 0 Å². The first-order valence-corrected chi connectivity index (χ1v) is 6.49. The molecule has 0 bridgehead atoms. The van der Waals surface area contributed by atoms with E-state index in [0.29, 0.717) is 11.5 Å². The Bertz CT molecular complexity index is 319. The lowest BCUT2D eigenvalue weighted by molar-refractivity contribution is 0.340. The third-order valence-corrected chi connectivity index (χ3v) is 3.36. The number of nitrogens with zero attached hydrogens (tertiary/aromatic N) is 1. The third kappa shape index (κ3) is 3.82. The first kappa shape index (κ1) is 10.6. The van der Waals surface area contributed by atoms with Crippen LogP contribution in [-0.2, 0) is 14.4 Å². The summed E-state index contributed by atoms with van der Waals surface area (Å²) in [5.74, 6) is 0.841. The van der Waals surface area contributed by atoms with Gasteiger partial charge >= 0.3 is 10.1 Å². The molecule has 0 radical (unpaired) electrons. The van der Waals surface area contributed by atoms with E-state index in [1.807, 2.05) is 6.08 Å². The molecule has 0 aromatic carbocycles. The molecule has 0 fully saturated rings. The Hall–Kier alpha value is -0.490. The molecule has 13 heavy (non-hydrogen) atoms. The van der Waals surface area contributed by atoms with Gasteiger partial charge < -0.3 is 0 Å². The first-order chi connectivity index (χ1) is 6.14. The summed E-state index contributed by atoms with van der Waals surface area (Å²) in [7, 11) is -3.45. The van der Waals surface area contributed by atoms with Crippen molar-refractivity contribution in [1.82, 2.24) is 0 Å². The van der Waals surface area contributed by atoms with Gasteiger partial charge in [0, 0.05) is 5.75 Å². The lowest BCUT2D eigenvalue weighted by Crippen LogP contribution is -2.06. The molecule has 1 aliphatic heterocycles. The second kappa shape index (κ2) is 4.66. The van der Waals surface area contributed by atoms with Crippen molar-refractivity contribution >= 4 is 26.9 Å². The van der Waals surface area contributed by atoms with E-state index in [1.54, 1.807) is 13.0 Å². The topological polar surface area (TPSA) is 55.7 Å². The van der Waals surface area contributed by atoms with E-state index in [0.717, 1.165) is 5.75 Å². The van der Waals surface area contributed by atoms with Crippen LogP contribution in [0.15, 0.2) is 17.3 Å². The van der Waals surface area contributed by atoms with Crippen LogP contribution in [0, 0.1) is 0 Å². The number of hydrogen-bond acceptors (Lipinski definition) is 5. The average molecular weight is 221 g/mol. The summed E-state index contributed by atoms with van der Waals surface area (Å²) in [6, 6.07) is 0. The molecule has 0 N–H and O–H groups in total. The van der Waals surface area contributed by atoms with E-state index in [-0.39, 0.29) is 5.75 Å². The highest BCUT2D eigenvalue weighted by atomic mass is 32.2. The minimum Gasteiger partial charge on any atom is -0.267 e. The quantitative estimate of drug-likeness (QED) is 0.673. The maximum absolute atomic E-state index is 11.0. The molecule has 0 aromatic heterocycles. The number of hydrogen-bond donors (Lipinski definition) is 0. The van der Waals surface area contributed by atoms with E-state index >= 15 is 0 Å². The number of rotatable bonds is 4. The van der Waals surface area contributed by atoms with Crippen molar-refractivity contribution in [3.8, 4) is 0 Å². The highest BCUT2D eigenvalue weighted by Gasteiger charge is 2.10. The van der Waals surface area contributed by atoms with Gasteiger partial charge in [-0.05, 0) is 12.5 Å². The maximum atomic E-state index is 11.0. The van der Waals surface area contributed by atoms with Gasteiger partial charge in [0.1, 0.15) is 5.04 Å². The van der Waals surface area contributed by atoms with Crippen molar-refractivity contribution in [3.05, 3.63) is 12.2 Å². The molecule has 74 valence electrons. The van der Waals surface area contributed by atoms with Gasteiger partial charge in [0.15, 0.2) is 0 Å². The predicted molar refractivity (Wildman–Crippen MR) is 54.2 cm³/mol. The third-order valence-electron chi connectivity index (χ3n) is 1.28. The van der Waals surface area contributed by atoms with E-state index in [9.17, 15) is 8.42 Å². The van der Waals surface area contributed by atoms with E-state index in [4.69, 9.17) is 0 Å². The fraction of sp³-hybridized carbons (Fsp3) is 0.571. The Balaban J connectivity index is 2.49. The molecule has 0 aromatic rings. The predicted octanol–water partition coefficient (Wildman–Crippen LogP) is 1.36. The summed E-state index contributed by atoms with van der Waals surface area (Å²) in [6.07, 6.45) is 4.18. The van der Waals surface area contributed by atoms with E-state index < -0.39 is 10.1 Å². The molecule has 0 unspecified atom stereocenters. The Labute approximate surface area is 82.2 Å². The molecule has 0 saturated heterocycles. The Kier molecular flexibility index (Phi) is 3.80. The summed E-state index contributed by atoms with van der Waals surface area (Å²) in [4.78, 5) is 0. The normalized spacial score (nSPS) is 19.6. The van der Waals surface area contributed by atoms with Crippen LogP contribution in [0.3, 0.4) is 0 Å². The molecule has 4 nitrogen and oxygen atoms in total. The van der Waals surface area contributed by atoms with Crippen LogP contribution >= 0.6 is 11.8 Å². The van der Waals surface area contributed by atoms with Gasteiger partial charge in [0.2, 0.25) is 0 Å². The van der Waals surface area contributed by atoms with Gasteiger partial charge in [0.05, 0.1) is 5.75 Å². The molecule has 0 aliphatic carbocycles. The van der Waals surface area contributed by atoms with Crippen molar-refractivity contribution in [1.29, 1.82) is 0 Å². The summed E-state index contributed by atoms with van der Waals surface area (Å²) in [6.45, 7) is 1.78. The monoisotopic (exact) mass is 221 g/mol. The van der Waals surface area contributed by atoms with Gasteiger partial charge in [-0.2, -0.15) is 8.42 Å². The Morgan fingerprint density at radius 1 is 1.69 bits per heavy atom. The molecule has 0 atom stereocenters. The van der Waals surface area contributed by atoms with Gasteiger partial charge in [-0.1, -0.05) is 29.9 Å². The van der Waals surface area contributed by atoms with Crippen LogP contribution in [0.5, 0.6) is 0 Å². The minimum atomic E-state index is -3.45. The van der Waals surface area contributed by atoms with Crippen molar-refractivity contribution < 1.29 is 12.7 Å². The second-order valence-corrected chi connectivity index (χ2v) is 5.19. The highest BCUT2D eigenvalue weighted by Crippen LogP contribution is 2.13. The van der Waals surface area contributed by atoms with Crippen molar-refractivity contribution in [2.75, 3.05) is 11.5 Å². The zero-order valence-electron chi connectivity index (χ0n) is 7.26. The molecule has 1 aliphatic rings. The summed E-state index contributed by atoms with van der Waals surface area (Å²) in [5.41, 5.74) is 0. The molecule has 6 heteroatoms. The standard InChI is InChI=1S/C7H11NO3S2/c1-2-6-13(9,10)11-8-7-4-3-5-12-7/h3-4H,2,5-6H2,1H3. The molecule has 1 heterocycles. The SMILES string of the molecule is CCCS(=O)(=O)ON=C1C=CCS1. The van der Waals surface area contributed by atoms with E-state index in [1.165, 1.54) is 11.8 Å². The lowest BCUT2D eigenvalue weighted by Gasteiger charge is -1.98. The molecule has 0 saturated carbocycles. The molecule has 1 rings (SSSR count). The molecule has 0 amide bonds. The fourth-order valence-corrected chi connectivity index (χ4v) is 2.23. The van der Waals surface area contributed by atoms with Gasteiger partial charge in [-0.25, -0.2) is 0 Å². The summed E-state index contributed by atoms with van der Waals surface area (Å²) in [5, 5.41) is 4.13. The minimum absolute atomic E-state index is 0.0121. The van der Waals surface area contributed by atoms with Crippen LogP contribution in [-0.4, -0.2) is 25.0 Å². The summed E-state index contributed by atoms with van der Waals surface area (Å²) < 4.78 is 26.5. The summed E-state index contributed by atoms with van der Waals surface area (Å²) >= 11 is 1.45. The number of oxime groups is 1. The van der Waals surface area contributed by atoms with E-state index in [2.05, 4.69) is 9.44 Å². The number of thioether (sulfide) groups is 1. The van der Waals surface area contributed by atoms with Crippen LogP contribution in [0.2, 0.25) is 0 Å². The first-order valence-electron chi connectivity index (χ1n) is 3.93. The van der Waals surface area contributed by atoms with Crippen molar-refractivity contribution in [2.45, 2.75) is 13.3 Å². The van der Waals surface area contributed by atoms with Crippen LogP contribution in [0.4, 0.5) is 0 Å². The second-order valence-electron chi connectivity index (χ2n) is 2.48. The fourth-order valence-electron chi connectivity index (χ4n) is 0.768.